The summed E-state index contributed by atoms with van der Waals surface area (Å²) in [6.07, 6.45) is -9.15. The smallest absolute Gasteiger partial charge is 0.326 e. The van der Waals surface area contributed by atoms with Crippen molar-refractivity contribution in [3.63, 3.8) is 0 Å². The molecule has 13 heteroatoms. The van der Waals surface area contributed by atoms with Crippen LogP contribution in [0.1, 0.15) is 29.2 Å². The molecular formula is C23H18F6N4O2S. The number of carbonyl (C=O) groups is 2. The Kier molecular flexibility index (Phi) is 6.64. The average molecular weight is 528 g/mol. The summed E-state index contributed by atoms with van der Waals surface area (Å²) in [7, 11) is 0. The van der Waals surface area contributed by atoms with Gasteiger partial charge >= 0.3 is 12.4 Å². The highest BCUT2D eigenvalue weighted by molar-refractivity contribution is 8.18. The summed E-state index contributed by atoms with van der Waals surface area (Å²) in [6.45, 7) is 1.48. The summed E-state index contributed by atoms with van der Waals surface area (Å²) in [5.41, 5.74) is 3.33. The van der Waals surface area contributed by atoms with Crippen molar-refractivity contribution < 1.29 is 35.9 Å². The van der Waals surface area contributed by atoms with Gasteiger partial charge in [0.05, 0.1) is 27.7 Å². The predicted molar refractivity (Wildman–Crippen MR) is 122 cm³/mol. The topological polar surface area (TPSA) is 92.1 Å². The maximum absolute atomic E-state index is 13.8. The van der Waals surface area contributed by atoms with Gasteiger partial charge in [0.2, 0.25) is 0 Å². The van der Waals surface area contributed by atoms with E-state index in [0.717, 1.165) is 11.0 Å². The maximum Gasteiger partial charge on any atom is 0.416 e. The number of aromatic amines is 1. The molecule has 1 saturated heterocycles. The van der Waals surface area contributed by atoms with Gasteiger partial charge in [-0.05, 0) is 66.1 Å². The van der Waals surface area contributed by atoms with Crippen molar-refractivity contribution in [3.8, 4) is 0 Å². The minimum atomic E-state index is -5.09. The third-order valence-electron chi connectivity index (χ3n) is 5.49. The number of hydrogen-bond acceptors (Lipinski definition) is 5. The van der Waals surface area contributed by atoms with Crippen LogP contribution in [-0.4, -0.2) is 38.8 Å². The van der Waals surface area contributed by atoms with Gasteiger partial charge in [-0.3, -0.25) is 19.6 Å². The first-order valence-electron chi connectivity index (χ1n) is 10.5. The molecule has 0 radical (unpaired) electrons. The van der Waals surface area contributed by atoms with Gasteiger partial charge < -0.3 is 5.73 Å². The first-order valence-corrected chi connectivity index (χ1v) is 11.3. The van der Waals surface area contributed by atoms with Crippen LogP contribution in [0.5, 0.6) is 0 Å². The molecule has 3 aromatic rings. The summed E-state index contributed by atoms with van der Waals surface area (Å²) in [5.74, 6) is -0.731. The standard InChI is InChI=1S/C23H18F6N4O2S/c1-11(30)10-33-20(34)19(36-21(33)35)16(12-3-5-18-14(6-12)9-31-32-18)7-13-2-4-15(22(24,25)26)8-17(13)23(27,28)29/h2-6,8-9,11H,7,10,30H2,1H3,(H,31,32)/b19-16-/t11-/m0/s1. The predicted octanol–water partition coefficient (Wildman–Crippen LogP) is 5.60. The highest BCUT2D eigenvalue weighted by Crippen LogP contribution is 2.42. The minimum absolute atomic E-state index is 0.0497. The van der Waals surface area contributed by atoms with Gasteiger partial charge in [0.25, 0.3) is 11.1 Å². The zero-order chi connectivity index (χ0) is 26.4. The van der Waals surface area contributed by atoms with Crippen LogP contribution in [0.2, 0.25) is 0 Å². The molecule has 0 saturated carbocycles. The molecule has 1 atom stereocenters. The molecule has 190 valence electrons. The van der Waals surface area contributed by atoms with E-state index in [1.165, 1.54) is 12.3 Å². The lowest BCUT2D eigenvalue weighted by Crippen LogP contribution is -2.38. The van der Waals surface area contributed by atoms with Crippen molar-refractivity contribution in [1.82, 2.24) is 15.1 Å². The summed E-state index contributed by atoms with van der Waals surface area (Å²) < 4.78 is 80.8. The van der Waals surface area contributed by atoms with E-state index in [4.69, 9.17) is 5.73 Å². The second-order valence-electron chi connectivity index (χ2n) is 8.28. The second kappa shape index (κ2) is 9.28. The molecular weight excluding hydrogens is 510 g/mol. The third kappa shape index (κ3) is 5.12. The Labute approximate surface area is 204 Å². The Hall–Kier alpha value is -3.32. The molecule has 3 N–H and O–H groups in total. The van der Waals surface area contributed by atoms with Gasteiger partial charge in [-0.25, -0.2) is 0 Å². The van der Waals surface area contributed by atoms with Gasteiger partial charge in [0.15, 0.2) is 0 Å². The lowest BCUT2D eigenvalue weighted by molar-refractivity contribution is -0.143. The number of fused-ring (bicyclic) bond motifs is 1. The van der Waals surface area contributed by atoms with Crippen molar-refractivity contribution >= 4 is 39.4 Å². The lowest BCUT2D eigenvalue weighted by Gasteiger charge is -2.18. The van der Waals surface area contributed by atoms with E-state index in [9.17, 15) is 35.9 Å². The summed E-state index contributed by atoms with van der Waals surface area (Å²) in [6, 6.07) is 5.51. The summed E-state index contributed by atoms with van der Waals surface area (Å²) in [4.78, 5) is 26.4. The number of imide groups is 1. The van der Waals surface area contributed by atoms with E-state index in [1.54, 1.807) is 19.1 Å². The molecule has 4 rings (SSSR count). The number of thioether (sulfide) groups is 1. The number of nitrogens with one attached hydrogen (secondary N) is 1. The number of rotatable bonds is 5. The van der Waals surface area contributed by atoms with E-state index in [2.05, 4.69) is 10.2 Å². The van der Waals surface area contributed by atoms with Gasteiger partial charge in [0, 0.05) is 18.0 Å². The van der Waals surface area contributed by atoms with Crippen LogP contribution >= 0.6 is 11.8 Å². The average Bonchev–Trinajstić information content (AvgIpc) is 3.35. The maximum atomic E-state index is 13.8. The molecule has 36 heavy (non-hydrogen) atoms. The number of nitrogens with two attached hydrogens (primary N) is 1. The van der Waals surface area contributed by atoms with Gasteiger partial charge in [-0.2, -0.15) is 31.4 Å². The number of H-pyrrole nitrogens is 1. The molecule has 1 aliphatic rings. The molecule has 2 aromatic carbocycles. The molecule has 1 fully saturated rings. The van der Waals surface area contributed by atoms with Crippen molar-refractivity contribution in [3.05, 3.63) is 69.8 Å². The van der Waals surface area contributed by atoms with Crippen LogP contribution in [0.15, 0.2) is 47.5 Å². The van der Waals surface area contributed by atoms with E-state index in [-0.39, 0.29) is 23.1 Å². The summed E-state index contributed by atoms with van der Waals surface area (Å²) in [5, 5.41) is 6.56. The number of hydrogen-bond donors (Lipinski definition) is 2. The van der Waals surface area contributed by atoms with E-state index < -0.39 is 52.7 Å². The van der Waals surface area contributed by atoms with Crippen LogP contribution in [0.3, 0.4) is 0 Å². The van der Waals surface area contributed by atoms with Crippen molar-refractivity contribution in [1.29, 1.82) is 0 Å². The molecule has 0 bridgehead atoms. The van der Waals surface area contributed by atoms with E-state index in [1.807, 2.05) is 0 Å². The zero-order valence-electron chi connectivity index (χ0n) is 18.5. The highest BCUT2D eigenvalue weighted by Gasteiger charge is 2.40. The molecule has 1 aliphatic heterocycles. The fourth-order valence-electron chi connectivity index (χ4n) is 3.83. The molecule has 6 nitrogen and oxygen atoms in total. The molecule has 2 amide bonds. The molecule has 0 aliphatic carbocycles. The number of alkyl halides is 6. The number of aromatic nitrogens is 2. The van der Waals surface area contributed by atoms with Gasteiger partial charge in [-0.1, -0.05) is 12.1 Å². The Morgan fingerprint density at radius 2 is 1.81 bits per heavy atom. The van der Waals surface area contributed by atoms with Gasteiger partial charge in [0.1, 0.15) is 0 Å². The number of carbonyl (C=O) groups excluding carboxylic acids is 2. The van der Waals surface area contributed by atoms with Crippen molar-refractivity contribution in [2.45, 2.75) is 31.7 Å². The zero-order valence-corrected chi connectivity index (χ0v) is 19.3. The first-order chi connectivity index (χ1) is 16.8. The Morgan fingerprint density at radius 1 is 1.08 bits per heavy atom. The minimum Gasteiger partial charge on any atom is -0.326 e. The first kappa shape index (κ1) is 25.8. The summed E-state index contributed by atoms with van der Waals surface area (Å²) >= 11 is 0.551. The lowest BCUT2D eigenvalue weighted by atomic mass is 9.92. The largest absolute Gasteiger partial charge is 0.416 e. The van der Waals surface area contributed by atoms with Crippen LogP contribution in [0, 0.1) is 0 Å². The molecule has 2 heterocycles. The number of halogens is 6. The number of allylic oxidation sites excluding steroid dienone is 1. The fraction of sp³-hybridized carbons (Fsp3) is 0.261. The fourth-order valence-corrected chi connectivity index (χ4v) is 4.79. The van der Waals surface area contributed by atoms with E-state index in [0.29, 0.717) is 34.3 Å². The number of nitrogens with zero attached hydrogens (tertiary/aromatic N) is 2. The molecule has 1 aromatic heterocycles. The Bertz CT molecular complexity index is 1380. The molecule has 0 spiro atoms. The molecule has 0 unspecified atom stereocenters. The highest BCUT2D eigenvalue weighted by atomic mass is 32.2. The third-order valence-corrected chi connectivity index (χ3v) is 6.51. The monoisotopic (exact) mass is 528 g/mol. The van der Waals surface area contributed by atoms with Crippen LogP contribution in [-0.2, 0) is 23.6 Å². The van der Waals surface area contributed by atoms with Crippen LogP contribution in [0.4, 0.5) is 31.1 Å². The normalized spacial score (nSPS) is 17.3. The Balaban J connectivity index is 1.89. The van der Waals surface area contributed by atoms with Gasteiger partial charge in [-0.15, -0.1) is 0 Å². The number of benzene rings is 2. The number of amides is 2. The van der Waals surface area contributed by atoms with Crippen LogP contribution < -0.4 is 5.73 Å². The quantitative estimate of drug-likeness (QED) is 0.333. The van der Waals surface area contributed by atoms with Crippen LogP contribution in [0.25, 0.3) is 16.5 Å². The van der Waals surface area contributed by atoms with E-state index >= 15 is 0 Å². The van der Waals surface area contributed by atoms with Crippen molar-refractivity contribution in [2.24, 2.45) is 5.73 Å². The second-order valence-corrected chi connectivity index (χ2v) is 9.25. The Morgan fingerprint density at radius 3 is 2.44 bits per heavy atom. The SMILES string of the molecule is C[C@H](N)CN1C(=O)S/C(=C(/Cc2ccc(C(F)(F)F)cc2C(F)(F)F)c2ccc3[nH]ncc3c2)C1=O. The van der Waals surface area contributed by atoms with Crippen molar-refractivity contribution in [2.75, 3.05) is 6.54 Å².